The molecule has 1 atom stereocenters. The zero-order valence-corrected chi connectivity index (χ0v) is 11.6. The molecule has 0 saturated carbocycles. The first-order valence-electron chi connectivity index (χ1n) is 5.61. The van der Waals surface area contributed by atoms with Crippen LogP contribution < -0.4 is 10.6 Å². The van der Waals surface area contributed by atoms with Crippen molar-refractivity contribution in [2.75, 3.05) is 30.4 Å². The molecule has 1 saturated heterocycles. The number of morpholine rings is 1. The molecule has 0 aliphatic carbocycles. The van der Waals surface area contributed by atoms with Crippen LogP contribution in [-0.2, 0) is 4.74 Å². The van der Waals surface area contributed by atoms with Gasteiger partial charge >= 0.3 is 0 Å². The van der Waals surface area contributed by atoms with Crippen LogP contribution in [0.1, 0.15) is 13.3 Å². The van der Waals surface area contributed by atoms with Gasteiger partial charge in [-0.15, -0.1) is 0 Å². The van der Waals surface area contributed by atoms with Gasteiger partial charge in [-0.1, -0.05) is 6.92 Å². The Labute approximate surface area is 110 Å². The van der Waals surface area contributed by atoms with Gasteiger partial charge in [0.05, 0.1) is 30.6 Å². The number of halogens is 1. The number of nitrogen functional groups attached to an aromatic ring is 1. The monoisotopic (exact) mass is 332 g/mol. The van der Waals surface area contributed by atoms with Crippen LogP contribution in [0.5, 0.6) is 0 Å². The summed E-state index contributed by atoms with van der Waals surface area (Å²) in [5.74, 6) is 0. The van der Waals surface area contributed by atoms with Gasteiger partial charge in [0, 0.05) is 10.1 Å². The molecule has 0 bridgehead atoms. The summed E-state index contributed by atoms with van der Waals surface area (Å²) in [7, 11) is 0. The molecule has 1 aliphatic heterocycles. The van der Waals surface area contributed by atoms with Crippen molar-refractivity contribution >= 4 is 34.0 Å². The molecular formula is C12H17IN2O. The number of nitrogens with two attached hydrogens (primary N) is 1. The minimum Gasteiger partial charge on any atom is -0.397 e. The summed E-state index contributed by atoms with van der Waals surface area (Å²) in [6.07, 6.45) is 1.09. The first-order chi connectivity index (χ1) is 7.72. The number of hydrogen-bond donors (Lipinski definition) is 1. The number of rotatable bonds is 2. The second-order valence-corrected chi connectivity index (χ2v) is 5.28. The third kappa shape index (κ3) is 2.43. The Morgan fingerprint density at radius 2 is 2.38 bits per heavy atom. The minimum absolute atomic E-state index is 0.455. The normalized spacial score (nSPS) is 21.1. The summed E-state index contributed by atoms with van der Waals surface area (Å²) in [6.45, 7) is 4.72. The van der Waals surface area contributed by atoms with Crippen molar-refractivity contribution in [2.24, 2.45) is 0 Å². The fourth-order valence-electron chi connectivity index (χ4n) is 2.10. The summed E-state index contributed by atoms with van der Waals surface area (Å²) in [4.78, 5) is 2.37. The maximum absolute atomic E-state index is 6.08. The fraction of sp³-hybridized carbons (Fsp3) is 0.500. The maximum Gasteiger partial charge on any atom is 0.0670 e. The van der Waals surface area contributed by atoms with Gasteiger partial charge in [0.1, 0.15) is 0 Å². The second-order valence-electron chi connectivity index (χ2n) is 4.03. The Hall–Kier alpha value is -0.490. The highest BCUT2D eigenvalue weighted by Crippen LogP contribution is 2.28. The summed E-state index contributed by atoms with van der Waals surface area (Å²) < 4.78 is 6.69. The second kappa shape index (κ2) is 5.23. The Kier molecular flexibility index (Phi) is 3.91. The molecule has 1 aromatic rings. The van der Waals surface area contributed by atoms with Crippen molar-refractivity contribution in [2.45, 2.75) is 19.4 Å². The van der Waals surface area contributed by atoms with E-state index in [1.54, 1.807) is 0 Å². The van der Waals surface area contributed by atoms with E-state index >= 15 is 0 Å². The SMILES string of the molecule is CCC1COCCN1c1ccc(I)cc1N. The van der Waals surface area contributed by atoms with Crippen LogP contribution in [0.3, 0.4) is 0 Å². The molecule has 2 N–H and O–H groups in total. The zero-order chi connectivity index (χ0) is 11.5. The summed E-state index contributed by atoms with van der Waals surface area (Å²) in [5.41, 5.74) is 8.10. The minimum atomic E-state index is 0.455. The van der Waals surface area contributed by atoms with E-state index in [2.05, 4.69) is 46.5 Å². The summed E-state index contributed by atoms with van der Waals surface area (Å²) in [6, 6.07) is 6.70. The maximum atomic E-state index is 6.08. The smallest absolute Gasteiger partial charge is 0.0670 e. The molecule has 0 aromatic heterocycles. The van der Waals surface area contributed by atoms with E-state index in [-0.39, 0.29) is 0 Å². The Balaban J connectivity index is 2.27. The molecule has 1 heterocycles. The van der Waals surface area contributed by atoms with Crippen molar-refractivity contribution < 1.29 is 4.74 Å². The van der Waals surface area contributed by atoms with Gasteiger partial charge < -0.3 is 15.4 Å². The van der Waals surface area contributed by atoms with Crippen LogP contribution in [0.4, 0.5) is 11.4 Å². The van der Waals surface area contributed by atoms with E-state index in [1.165, 1.54) is 3.57 Å². The lowest BCUT2D eigenvalue weighted by atomic mass is 10.1. The predicted molar refractivity (Wildman–Crippen MR) is 75.8 cm³/mol. The molecule has 3 nitrogen and oxygen atoms in total. The van der Waals surface area contributed by atoms with Crippen molar-refractivity contribution in [3.8, 4) is 0 Å². The molecule has 1 aliphatic rings. The van der Waals surface area contributed by atoms with E-state index < -0.39 is 0 Å². The van der Waals surface area contributed by atoms with E-state index in [9.17, 15) is 0 Å². The Morgan fingerprint density at radius 1 is 1.56 bits per heavy atom. The lowest BCUT2D eigenvalue weighted by Gasteiger charge is -2.37. The van der Waals surface area contributed by atoms with Crippen LogP contribution in [0.2, 0.25) is 0 Å². The zero-order valence-electron chi connectivity index (χ0n) is 9.45. The molecule has 0 spiro atoms. The predicted octanol–water partition coefficient (Wildman–Crippen LogP) is 2.49. The Morgan fingerprint density at radius 3 is 3.06 bits per heavy atom. The first kappa shape index (κ1) is 12.0. The molecule has 4 heteroatoms. The van der Waals surface area contributed by atoms with Gasteiger partial charge in [-0.3, -0.25) is 0 Å². The molecule has 1 fully saturated rings. The van der Waals surface area contributed by atoms with Crippen LogP contribution >= 0.6 is 22.6 Å². The van der Waals surface area contributed by atoms with E-state index in [0.717, 1.165) is 37.6 Å². The number of ether oxygens (including phenoxy) is 1. The highest BCUT2D eigenvalue weighted by molar-refractivity contribution is 14.1. The van der Waals surface area contributed by atoms with Crippen LogP contribution in [0.15, 0.2) is 18.2 Å². The van der Waals surface area contributed by atoms with Gasteiger partial charge in [-0.25, -0.2) is 0 Å². The van der Waals surface area contributed by atoms with Crippen molar-refractivity contribution in [3.63, 3.8) is 0 Å². The topological polar surface area (TPSA) is 38.5 Å². The van der Waals surface area contributed by atoms with Crippen LogP contribution in [-0.4, -0.2) is 25.8 Å². The molecule has 88 valence electrons. The lowest BCUT2D eigenvalue weighted by molar-refractivity contribution is 0.0931. The molecule has 16 heavy (non-hydrogen) atoms. The van der Waals surface area contributed by atoms with Crippen molar-refractivity contribution in [3.05, 3.63) is 21.8 Å². The number of nitrogens with zero attached hydrogens (tertiary/aromatic N) is 1. The van der Waals surface area contributed by atoms with Crippen LogP contribution in [0, 0.1) is 3.57 Å². The highest BCUT2D eigenvalue weighted by atomic mass is 127. The molecule has 0 radical (unpaired) electrons. The van der Waals surface area contributed by atoms with Gasteiger partial charge in [0.25, 0.3) is 0 Å². The van der Waals surface area contributed by atoms with Gasteiger partial charge in [0.2, 0.25) is 0 Å². The molecular weight excluding hydrogens is 315 g/mol. The van der Waals surface area contributed by atoms with Crippen molar-refractivity contribution in [1.82, 2.24) is 0 Å². The van der Waals surface area contributed by atoms with Crippen molar-refractivity contribution in [1.29, 1.82) is 0 Å². The largest absolute Gasteiger partial charge is 0.397 e. The molecule has 1 unspecified atom stereocenters. The third-order valence-corrected chi connectivity index (χ3v) is 3.67. The van der Waals surface area contributed by atoms with E-state index in [0.29, 0.717) is 6.04 Å². The standard InChI is InChI=1S/C12H17IN2O/c1-2-10-8-16-6-5-15(10)12-4-3-9(13)7-11(12)14/h3-4,7,10H,2,5-6,8,14H2,1H3. The third-order valence-electron chi connectivity index (χ3n) is 3.00. The van der Waals surface area contributed by atoms with Crippen LogP contribution in [0.25, 0.3) is 0 Å². The Bertz CT molecular complexity index is 370. The van der Waals surface area contributed by atoms with Gasteiger partial charge in [-0.05, 0) is 47.2 Å². The summed E-state index contributed by atoms with van der Waals surface area (Å²) in [5, 5.41) is 0. The summed E-state index contributed by atoms with van der Waals surface area (Å²) >= 11 is 2.28. The number of anilines is 2. The molecule has 0 amide bonds. The van der Waals surface area contributed by atoms with E-state index in [1.807, 2.05) is 6.07 Å². The number of benzene rings is 1. The average Bonchev–Trinajstić information content (AvgIpc) is 2.29. The van der Waals surface area contributed by atoms with Gasteiger partial charge in [0.15, 0.2) is 0 Å². The molecule has 2 rings (SSSR count). The molecule has 1 aromatic carbocycles. The quantitative estimate of drug-likeness (QED) is 0.668. The number of hydrogen-bond acceptors (Lipinski definition) is 3. The van der Waals surface area contributed by atoms with Gasteiger partial charge in [-0.2, -0.15) is 0 Å². The fourth-order valence-corrected chi connectivity index (χ4v) is 2.61. The first-order valence-corrected chi connectivity index (χ1v) is 6.69. The lowest BCUT2D eigenvalue weighted by Crippen LogP contribution is -2.45. The van der Waals surface area contributed by atoms with E-state index in [4.69, 9.17) is 10.5 Å². The average molecular weight is 332 g/mol. The highest BCUT2D eigenvalue weighted by Gasteiger charge is 2.22.